The second kappa shape index (κ2) is 6.54. The van der Waals surface area contributed by atoms with E-state index in [9.17, 15) is 8.42 Å². The first-order valence-corrected chi connectivity index (χ1v) is 8.18. The van der Waals surface area contributed by atoms with Gasteiger partial charge in [-0.2, -0.15) is 0 Å². The van der Waals surface area contributed by atoms with Crippen molar-refractivity contribution in [2.75, 3.05) is 17.1 Å². The lowest BCUT2D eigenvalue weighted by molar-refractivity contribution is 0.287. The maximum atomic E-state index is 11.9. The summed E-state index contributed by atoms with van der Waals surface area (Å²) in [6, 6.07) is 3.75. The van der Waals surface area contributed by atoms with Crippen LogP contribution in [-0.2, 0) is 10.0 Å². The van der Waals surface area contributed by atoms with E-state index in [2.05, 4.69) is 20.7 Å². The van der Waals surface area contributed by atoms with Crippen molar-refractivity contribution >= 4 is 31.6 Å². The average molecular weight is 336 g/mol. The number of anilines is 1. The lowest BCUT2D eigenvalue weighted by atomic mass is 10.1. The minimum absolute atomic E-state index is 0.0197. The summed E-state index contributed by atoms with van der Waals surface area (Å²) < 4.78 is 27.3. The van der Waals surface area contributed by atoms with Crippen molar-refractivity contribution in [3.8, 4) is 0 Å². The van der Waals surface area contributed by atoms with Crippen molar-refractivity contribution < 1.29 is 13.5 Å². The third kappa shape index (κ3) is 4.59. The van der Waals surface area contributed by atoms with Gasteiger partial charge in [-0.15, -0.1) is 0 Å². The summed E-state index contributed by atoms with van der Waals surface area (Å²) in [5.74, 6) is 0.0303. The summed E-state index contributed by atoms with van der Waals surface area (Å²) in [4.78, 5) is 0. The Labute approximate surface area is 117 Å². The second-order valence-electron chi connectivity index (χ2n) is 4.27. The number of hydrogen-bond donors (Lipinski definition) is 2. The van der Waals surface area contributed by atoms with Crippen LogP contribution in [0.15, 0.2) is 16.6 Å². The highest BCUT2D eigenvalue weighted by Crippen LogP contribution is 2.26. The highest BCUT2D eigenvalue weighted by Gasteiger charge is 2.13. The SMILES string of the molecule is Cc1cc(Br)cc(C)c1NS(=O)(=O)CCCCO. The Bertz CT molecular complexity index is 491. The predicted octanol–water partition coefficient (Wildman–Crippen LogP) is 2.58. The van der Waals surface area contributed by atoms with Crippen LogP contribution < -0.4 is 4.72 Å². The largest absolute Gasteiger partial charge is 0.396 e. The maximum Gasteiger partial charge on any atom is 0.232 e. The molecule has 0 aliphatic carbocycles. The summed E-state index contributed by atoms with van der Waals surface area (Å²) in [6.07, 6.45) is 0.958. The second-order valence-corrected chi connectivity index (χ2v) is 7.02. The lowest BCUT2D eigenvalue weighted by Crippen LogP contribution is -2.18. The molecule has 6 heteroatoms. The molecule has 0 aromatic heterocycles. The highest BCUT2D eigenvalue weighted by molar-refractivity contribution is 9.10. The minimum atomic E-state index is -3.34. The van der Waals surface area contributed by atoms with Crippen molar-refractivity contribution in [3.63, 3.8) is 0 Å². The van der Waals surface area contributed by atoms with Gasteiger partial charge in [-0.05, 0) is 49.9 Å². The molecule has 0 aliphatic rings. The van der Waals surface area contributed by atoms with Gasteiger partial charge in [-0.1, -0.05) is 15.9 Å². The molecule has 4 nitrogen and oxygen atoms in total. The summed E-state index contributed by atoms with van der Waals surface area (Å²) in [5.41, 5.74) is 2.41. The molecule has 0 unspecified atom stereocenters. The van der Waals surface area contributed by atoms with Gasteiger partial charge in [0.05, 0.1) is 11.4 Å². The number of hydrogen-bond acceptors (Lipinski definition) is 3. The van der Waals surface area contributed by atoms with Crippen LogP contribution in [0.2, 0.25) is 0 Å². The van der Waals surface area contributed by atoms with Crippen LogP contribution in [0, 0.1) is 13.8 Å². The van der Waals surface area contributed by atoms with Gasteiger partial charge in [0.15, 0.2) is 0 Å². The Kier molecular flexibility index (Phi) is 5.62. The summed E-state index contributed by atoms with van der Waals surface area (Å²) in [6.45, 7) is 3.75. The molecule has 1 rings (SSSR count). The molecule has 2 N–H and O–H groups in total. The fraction of sp³-hybridized carbons (Fsp3) is 0.500. The molecule has 0 saturated carbocycles. The molecule has 18 heavy (non-hydrogen) atoms. The van der Waals surface area contributed by atoms with Crippen molar-refractivity contribution in [2.24, 2.45) is 0 Å². The van der Waals surface area contributed by atoms with Gasteiger partial charge in [-0.25, -0.2) is 8.42 Å². The molecule has 0 heterocycles. The van der Waals surface area contributed by atoms with E-state index in [1.165, 1.54) is 0 Å². The van der Waals surface area contributed by atoms with Crippen LogP contribution in [0.5, 0.6) is 0 Å². The number of sulfonamides is 1. The predicted molar refractivity (Wildman–Crippen MR) is 77.3 cm³/mol. The van der Waals surface area contributed by atoms with Crippen LogP contribution in [0.4, 0.5) is 5.69 Å². The highest BCUT2D eigenvalue weighted by atomic mass is 79.9. The van der Waals surface area contributed by atoms with Gasteiger partial charge in [0, 0.05) is 11.1 Å². The van der Waals surface area contributed by atoms with Gasteiger partial charge in [-0.3, -0.25) is 4.72 Å². The summed E-state index contributed by atoms with van der Waals surface area (Å²) >= 11 is 3.37. The number of rotatable bonds is 6. The van der Waals surface area contributed by atoms with Crippen molar-refractivity contribution in [1.29, 1.82) is 0 Å². The van der Waals surface area contributed by atoms with Gasteiger partial charge < -0.3 is 5.11 Å². The van der Waals surface area contributed by atoms with Crippen molar-refractivity contribution in [2.45, 2.75) is 26.7 Å². The monoisotopic (exact) mass is 335 g/mol. The van der Waals surface area contributed by atoms with E-state index in [-0.39, 0.29) is 12.4 Å². The molecule has 1 aromatic carbocycles. The van der Waals surface area contributed by atoms with Crippen molar-refractivity contribution in [3.05, 3.63) is 27.7 Å². The Morgan fingerprint density at radius 1 is 1.22 bits per heavy atom. The first-order valence-electron chi connectivity index (χ1n) is 5.74. The Hall–Kier alpha value is -0.590. The average Bonchev–Trinajstić information content (AvgIpc) is 2.23. The number of unbranched alkanes of at least 4 members (excludes halogenated alkanes) is 1. The zero-order valence-corrected chi connectivity index (χ0v) is 12.9. The molecular weight excluding hydrogens is 318 g/mol. The normalized spacial score (nSPS) is 11.6. The van der Waals surface area contributed by atoms with Crippen molar-refractivity contribution in [1.82, 2.24) is 0 Å². The number of aliphatic hydroxyl groups is 1. The number of aliphatic hydroxyl groups excluding tert-OH is 1. The standard InChI is InChI=1S/C12H18BrNO3S/c1-9-7-11(13)8-10(2)12(9)14-18(16,17)6-4-3-5-15/h7-8,14-15H,3-6H2,1-2H3. The Morgan fingerprint density at radius 2 is 1.78 bits per heavy atom. The van der Waals surface area contributed by atoms with E-state index in [0.29, 0.717) is 18.5 Å². The summed E-state index contributed by atoms with van der Waals surface area (Å²) in [7, 11) is -3.34. The van der Waals surface area contributed by atoms with Gasteiger partial charge in [0.2, 0.25) is 10.0 Å². The quantitative estimate of drug-likeness (QED) is 0.785. The molecule has 0 amide bonds. The Morgan fingerprint density at radius 3 is 2.28 bits per heavy atom. The lowest BCUT2D eigenvalue weighted by Gasteiger charge is -2.13. The van der Waals surface area contributed by atoms with Crippen LogP contribution in [0.25, 0.3) is 0 Å². The molecule has 0 bridgehead atoms. The molecule has 1 aromatic rings. The molecule has 0 saturated heterocycles. The molecular formula is C12H18BrNO3S. The molecule has 0 atom stereocenters. The first-order chi connectivity index (χ1) is 8.35. The van der Waals surface area contributed by atoms with Crippen LogP contribution in [-0.4, -0.2) is 25.9 Å². The van der Waals surface area contributed by atoms with E-state index < -0.39 is 10.0 Å². The fourth-order valence-electron chi connectivity index (χ4n) is 1.68. The zero-order chi connectivity index (χ0) is 13.8. The number of halogens is 1. The van der Waals surface area contributed by atoms with Crippen LogP contribution in [0.1, 0.15) is 24.0 Å². The number of benzene rings is 1. The van der Waals surface area contributed by atoms with E-state index in [0.717, 1.165) is 15.6 Å². The Balaban J connectivity index is 2.84. The van der Waals surface area contributed by atoms with E-state index in [1.807, 2.05) is 26.0 Å². The van der Waals surface area contributed by atoms with E-state index >= 15 is 0 Å². The molecule has 0 aliphatic heterocycles. The topological polar surface area (TPSA) is 66.4 Å². The molecule has 0 spiro atoms. The zero-order valence-electron chi connectivity index (χ0n) is 10.5. The third-order valence-corrected chi connectivity index (χ3v) is 4.38. The van der Waals surface area contributed by atoms with Gasteiger partial charge >= 0.3 is 0 Å². The van der Waals surface area contributed by atoms with Gasteiger partial charge in [0.1, 0.15) is 0 Å². The molecule has 0 fully saturated rings. The maximum absolute atomic E-state index is 11.9. The van der Waals surface area contributed by atoms with E-state index in [4.69, 9.17) is 5.11 Å². The smallest absolute Gasteiger partial charge is 0.232 e. The minimum Gasteiger partial charge on any atom is -0.396 e. The molecule has 102 valence electrons. The van der Waals surface area contributed by atoms with E-state index in [1.54, 1.807) is 0 Å². The van der Waals surface area contributed by atoms with Crippen LogP contribution >= 0.6 is 15.9 Å². The third-order valence-electron chi connectivity index (χ3n) is 2.58. The fourth-order valence-corrected chi connectivity index (χ4v) is 3.69. The van der Waals surface area contributed by atoms with Gasteiger partial charge in [0.25, 0.3) is 0 Å². The first kappa shape index (κ1) is 15.5. The molecule has 0 radical (unpaired) electrons. The number of aryl methyl sites for hydroxylation is 2. The number of nitrogens with one attached hydrogen (secondary N) is 1. The summed E-state index contributed by atoms with van der Waals surface area (Å²) in [5, 5.41) is 8.65. The van der Waals surface area contributed by atoms with Crippen LogP contribution in [0.3, 0.4) is 0 Å².